The highest BCUT2D eigenvalue weighted by Gasteiger charge is 2.20. The zero-order valence-electron chi connectivity index (χ0n) is 13.5. The molecule has 0 fully saturated rings. The van der Waals surface area contributed by atoms with Crippen molar-refractivity contribution in [2.24, 2.45) is 5.10 Å². The summed E-state index contributed by atoms with van der Waals surface area (Å²) in [6.45, 7) is 4.99. The Kier molecular flexibility index (Phi) is 4.82. The Bertz CT molecular complexity index is 790. The Morgan fingerprint density at radius 1 is 1.22 bits per heavy atom. The van der Waals surface area contributed by atoms with Crippen molar-refractivity contribution in [3.63, 3.8) is 0 Å². The first-order chi connectivity index (χ1) is 11.2. The van der Waals surface area contributed by atoms with Crippen LogP contribution in [0.1, 0.15) is 37.0 Å². The number of hydrazone groups is 1. The average Bonchev–Trinajstić information content (AvgIpc) is 2.91. The molecule has 4 heteroatoms. The number of unbranched alkanes of at least 4 members (excludes halogenated alkanes) is 1. The molecule has 0 bridgehead atoms. The molecule has 2 aromatic carbocycles. The zero-order chi connectivity index (χ0) is 16.2. The van der Waals surface area contributed by atoms with E-state index in [1.54, 1.807) is 17.8 Å². The molecule has 0 saturated heterocycles. The number of nitrogens with zero attached hydrogens (tertiary/aromatic N) is 2. The molecule has 1 aliphatic rings. The SMILES string of the molecule is CCCCN1N=C(C)S/C1=C\C(=O)c1cccc2ccccc12. The van der Waals surface area contributed by atoms with Crippen LogP contribution in [0.15, 0.2) is 58.7 Å². The monoisotopic (exact) mass is 324 g/mol. The van der Waals surface area contributed by atoms with Crippen LogP contribution in [0.2, 0.25) is 0 Å². The predicted molar refractivity (Wildman–Crippen MR) is 98.7 cm³/mol. The van der Waals surface area contributed by atoms with Gasteiger partial charge in [-0.3, -0.25) is 9.80 Å². The molecule has 23 heavy (non-hydrogen) atoms. The van der Waals surface area contributed by atoms with Gasteiger partial charge in [-0.2, -0.15) is 5.10 Å². The Balaban J connectivity index is 1.90. The van der Waals surface area contributed by atoms with Crippen molar-refractivity contribution in [2.45, 2.75) is 26.7 Å². The second-order valence-corrected chi connectivity index (χ2v) is 6.78. The van der Waals surface area contributed by atoms with Gasteiger partial charge in [-0.25, -0.2) is 0 Å². The van der Waals surface area contributed by atoms with Crippen molar-refractivity contribution in [2.75, 3.05) is 6.54 Å². The smallest absolute Gasteiger partial charge is 0.189 e. The fraction of sp³-hybridized carbons (Fsp3) is 0.263. The first-order valence-corrected chi connectivity index (χ1v) is 8.75. The van der Waals surface area contributed by atoms with Crippen molar-refractivity contribution >= 4 is 33.4 Å². The highest BCUT2D eigenvalue weighted by Crippen LogP contribution is 2.31. The Labute approximate surface area is 141 Å². The van der Waals surface area contributed by atoms with Crippen LogP contribution < -0.4 is 0 Å². The van der Waals surface area contributed by atoms with Crippen molar-refractivity contribution in [1.29, 1.82) is 0 Å². The highest BCUT2D eigenvalue weighted by molar-refractivity contribution is 8.17. The number of hydrogen-bond donors (Lipinski definition) is 0. The standard InChI is InChI=1S/C19H20N2OS/c1-3-4-12-21-19(23-14(2)20-21)13-18(22)17-11-7-9-15-8-5-6-10-16(15)17/h5-11,13H,3-4,12H2,1-2H3/b19-13-. The maximum atomic E-state index is 12.8. The summed E-state index contributed by atoms with van der Waals surface area (Å²) < 4.78 is 0. The lowest BCUT2D eigenvalue weighted by atomic mass is 10.0. The van der Waals surface area contributed by atoms with Crippen LogP contribution in [0.3, 0.4) is 0 Å². The lowest BCUT2D eigenvalue weighted by molar-refractivity contribution is 0.104. The zero-order valence-corrected chi connectivity index (χ0v) is 14.3. The minimum atomic E-state index is 0.0377. The number of carbonyl (C=O) groups is 1. The van der Waals surface area contributed by atoms with Gasteiger partial charge in [-0.15, -0.1) is 0 Å². The number of allylic oxidation sites excluding steroid dienone is 1. The molecule has 0 aromatic heterocycles. The second-order valence-electron chi connectivity index (χ2n) is 5.57. The number of hydrogen-bond acceptors (Lipinski definition) is 4. The third-order valence-electron chi connectivity index (χ3n) is 3.80. The maximum Gasteiger partial charge on any atom is 0.189 e. The van der Waals surface area contributed by atoms with Crippen LogP contribution in [0.5, 0.6) is 0 Å². The first-order valence-electron chi connectivity index (χ1n) is 7.93. The fourth-order valence-electron chi connectivity index (χ4n) is 2.65. The normalized spacial score (nSPS) is 16.2. The number of carbonyl (C=O) groups excluding carboxylic acids is 1. The van der Waals surface area contributed by atoms with Gasteiger partial charge in [0.25, 0.3) is 0 Å². The summed E-state index contributed by atoms with van der Waals surface area (Å²) >= 11 is 1.57. The Hall–Kier alpha value is -2.07. The van der Waals surface area contributed by atoms with E-state index >= 15 is 0 Å². The van der Waals surface area contributed by atoms with Gasteiger partial charge >= 0.3 is 0 Å². The molecular formula is C19H20N2OS. The third kappa shape index (κ3) is 3.48. The summed E-state index contributed by atoms with van der Waals surface area (Å²) in [6.07, 6.45) is 3.90. The molecule has 118 valence electrons. The lowest BCUT2D eigenvalue weighted by Crippen LogP contribution is -2.14. The van der Waals surface area contributed by atoms with Gasteiger partial charge in [-0.1, -0.05) is 67.6 Å². The van der Waals surface area contributed by atoms with Crippen LogP contribution in [0, 0.1) is 0 Å². The van der Waals surface area contributed by atoms with E-state index in [9.17, 15) is 4.79 Å². The van der Waals surface area contributed by atoms with Crippen molar-refractivity contribution in [1.82, 2.24) is 5.01 Å². The van der Waals surface area contributed by atoms with E-state index in [-0.39, 0.29) is 5.78 Å². The molecule has 0 amide bonds. The van der Waals surface area contributed by atoms with Crippen molar-refractivity contribution in [3.05, 3.63) is 59.1 Å². The molecule has 0 saturated carbocycles. The van der Waals surface area contributed by atoms with Gasteiger partial charge < -0.3 is 0 Å². The van der Waals surface area contributed by atoms with Gasteiger partial charge in [-0.05, 0) is 24.1 Å². The van der Waals surface area contributed by atoms with E-state index in [1.165, 1.54) is 0 Å². The number of thioether (sulfide) groups is 1. The van der Waals surface area contributed by atoms with Crippen LogP contribution in [0.25, 0.3) is 10.8 Å². The summed E-state index contributed by atoms with van der Waals surface area (Å²) in [7, 11) is 0. The van der Waals surface area contributed by atoms with Gasteiger partial charge in [0.1, 0.15) is 5.03 Å². The molecule has 0 radical (unpaired) electrons. The molecule has 2 aromatic rings. The van der Waals surface area contributed by atoms with E-state index in [4.69, 9.17) is 0 Å². The number of ketones is 1. The molecule has 0 spiro atoms. The molecule has 3 nitrogen and oxygen atoms in total. The Morgan fingerprint density at radius 3 is 2.83 bits per heavy atom. The predicted octanol–water partition coefficient (Wildman–Crippen LogP) is 5.05. The maximum absolute atomic E-state index is 12.8. The van der Waals surface area contributed by atoms with Crippen molar-refractivity contribution in [3.8, 4) is 0 Å². The van der Waals surface area contributed by atoms with Crippen molar-refractivity contribution < 1.29 is 4.79 Å². The average molecular weight is 324 g/mol. The Morgan fingerprint density at radius 2 is 2.00 bits per heavy atom. The van der Waals surface area contributed by atoms with E-state index in [2.05, 4.69) is 12.0 Å². The molecule has 3 rings (SSSR count). The van der Waals surface area contributed by atoms with Crippen LogP contribution in [-0.2, 0) is 0 Å². The van der Waals surface area contributed by atoms with Crippen LogP contribution in [0.4, 0.5) is 0 Å². The summed E-state index contributed by atoms with van der Waals surface area (Å²) in [4.78, 5) is 12.8. The first kappa shape index (κ1) is 15.8. The number of rotatable bonds is 5. The number of benzene rings is 2. The van der Waals surface area contributed by atoms with E-state index in [0.717, 1.165) is 45.8 Å². The largest absolute Gasteiger partial charge is 0.289 e. The van der Waals surface area contributed by atoms with Gasteiger partial charge in [0.05, 0.1) is 5.04 Å². The fourth-order valence-corrected chi connectivity index (χ4v) is 3.49. The number of fused-ring (bicyclic) bond motifs is 1. The molecule has 0 aliphatic carbocycles. The lowest BCUT2D eigenvalue weighted by Gasteiger charge is -2.14. The van der Waals surface area contributed by atoms with E-state index in [0.29, 0.717) is 0 Å². The summed E-state index contributed by atoms with van der Waals surface area (Å²) in [6, 6.07) is 13.9. The quantitative estimate of drug-likeness (QED) is 0.570. The molecule has 1 aliphatic heterocycles. The molecule has 1 heterocycles. The summed E-state index contributed by atoms with van der Waals surface area (Å²) in [5.41, 5.74) is 0.746. The summed E-state index contributed by atoms with van der Waals surface area (Å²) in [5.74, 6) is 0.0377. The summed E-state index contributed by atoms with van der Waals surface area (Å²) in [5, 5.41) is 10.5. The minimum absolute atomic E-state index is 0.0377. The third-order valence-corrected chi connectivity index (χ3v) is 4.72. The topological polar surface area (TPSA) is 32.7 Å². The minimum Gasteiger partial charge on any atom is -0.289 e. The molecule has 0 atom stereocenters. The van der Waals surface area contributed by atoms with Gasteiger partial charge in [0.15, 0.2) is 5.78 Å². The van der Waals surface area contributed by atoms with Crippen LogP contribution in [-0.4, -0.2) is 22.4 Å². The van der Waals surface area contributed by atoms with Gasteiger partial charge in [0.2, 0.25) is 0 Å². The molecular weight excluding hydrogens is 304 g/mol. The van der Waals surface area contributed by atoms with Gasteiger partial charge in [0, 0.05) is 18.2 Å². The molecule has 0 N–H and O–H groups in total. The second kappa shape index (κ2) is 7.01. The highest BCUT2D eigenvalue weighted by atomic mass is 32.2. The van der Waals surface area contributed by atoms with Crippen LogP contribution >= 0.6 is 11.8 Å². The van der Waals surface area contributed by atoms with E-state index in [1.807, 2.05) is 54.4 Å². The molecule has 0 unspecified atom stereocenters. The van der Waals surface area contributed by atoms with E-state index < -0.39 is 0 Å².